The van der Waals surface area contributed by atoms with Gasteiger partial charge in [0.05, 0.1) is 0 Å². The fourth-order valence-electron chi connectivity index (χ4n) is 3.17. The molecule has 1 heterocycles. The summed E-state index contributed by atoms with van der Waals surface area (Å²) in [6, 6.07) is 0.0750. The van der Waals surface area contributed by atoms with Gasteiger partial charge in [-0.15, -0.1) is 0 Å². The van der Waals surface area contributed by atoms with E-state index in [1.54, 1.807) is 6.20 Å². The number of amides is 2. The standard InChI is InChI=1S/C18H34N2O/c1-4-6-8-10-13-18(3,14-11-9-7-5-2)20-16-12-15-19-17(20)21/h12,15H,4-11,13-14,16H2,1-3H3,(H,19,21). The van der Waals surface area contributed by atoms with Crippen LogP contribution in [0.5, 0.6) is 0 Å². The highest BCUT2D eigenvalue weighted by Crippen LogP contribution is 2.30. The van der Waals surface area contributed by atoms with Crippen molar-refractivity contribution < 1.29 is 4.79 Å². The van der Waals surface area contributed by atoms with Crippen LogP contribution in [-0.2, 0) is 0 Å². The number of hydrogen-bond donors (Lipinski definition) is 1. The Labute approximate surface area is 131 Å². The second kappa shape index (κ2) is 9.86. The third-order valence-electron chi connectivity index (χ3n) is 4.65. The third-order valence-corrected chi connectivity index (χ3v) is 4.65. The first-order chi connectivity index (χ1) is 10.1. The lowest BCUT2D eigenvalue weighted by atomic mass is 9.86. The Morgan fingerprint density at radius 3 is 2.10 bits per heavy atom. The first-order valence-corrected chi connectivity index (χ1v) is 8.87. The maximum Gasteiger partial charge on any atom is 0.322 e. The molecule has 0 aromatic rings. The highest BCUT2D eigenvalue weighted by atomic mass is 16.2. The summed E-state index contributed by atoms with van der Waals surface area (Å²) in [5, 5.41) is 2.85. The highest BCUT2D eigenvalue weighted by molar-refractivity contribution is 5.77. The minimum atomic E-state index is 0.0102. The zero-order chi connectivity index (χ0) is 15.6. The maximum atomic E-state index is 12.2. The summed E-state index contributed by atoms with van der Waals surface area (Å²) in [5.74, 6) is 0. The number of hydrogen-bond acceptors (Lipinski definition) is 1. The molecule has 0 spiro atoms. The molecule has 0 saturated heterocycles. The molecule has 1 N–H and O–H groups in total. The Hall–Kier alpha value is -0.990. The van der Waals surface area contributed by atoms with E-state index in [0.29, 0.717) is 0 Å². The van der Waals surface area contributed by atoms with Gasteiger partial charge in [0, 0.05) is 18.3 Å². The Morgan fingerprint density at radius 1 is 1.05 bits per heavy atom. The molecule has 2 amide bonds. The molecule has 0 aromatic heterocycles. The molecule has 122 valence electrons. The number of carbonyl (C=O) groups is 1. The first-order valence-electron chi connectivity index (χ1n) is 8.87. The fraction of sp³-hybridized carbons (Fsp3) is 0.833. The summed E-state index contributed by atoms with van der Waals surface area (Å²) in [7, 11) is 0. The minimum absolute atomic E-state index is 0.0102. The molecule has 0 bridgehead atoms. The molecule has 0 radical (unpaired) electrons. The van der Waals surface area contributed by atoms with Gasteiger partial charge in [-0.05, 0) is 25.8 Å². The van der Waals surface area contributed by atoms with Crippen molar-refractivity contribution in [2.45, 2.75) is 90.5 Å². The zero-order valence-corrected chi connectivity index (χ0v) is 14.3. The number of urea groups is 1. The van der Waals surface area contributed by atoms with Gasteiger partial charge in [0.2, 0.25) is 0 Å². The average molecular weight is 294 g/mol. The van der Waals surface area contributed by atoms with Crippen LogP contribution in [0.1, 0.15) is 85.0 Å². The molecule has 1 aliphatic heterocycles. The predicted molar refractivity (Wildman–Crippen MR) is 90.3 cm³/mol. The van der Waals surface area contributed by atoms with Gasteiger partial charge in [0.1, 0.15) is 0 Å². The molecular weight excluding hydrogens is 260 g/mol. The minimum Gasteiger partial charge on any atom is -0.315 e. The summed E-state index contributed by atoms with van der Waals surface area (Å²) in [5.41, 5.74) is 0.0102. The van der Waals surface area contributed by atoms with E-state index in [0.717, 1.165) is 19.4 Å². The van der Waals surface area contributed by atoms with Gasteiger partial charge in [-0.3, -0.25) is 0 Å². The lowest BCUT2D eigenvalue weighted by Gasteiger charge is -2.42. The number of nitrogens with one attached hydrogen (secondary N) is 1. The van der Waals surface area contributed by atoms with E-state index in [1.807, 2.05) is 4.90 Å². The van der Waals surface area contributed by atoms with E-state index in [1.165, 1.54) is 51.4 Å². The van der Waals surface area contributed by atoms with Crippen LogP contribution in [0.25, 0.3) is 0 Å². The number of nitrogens with zero attached hydrogens (tertiary/aromatic N) is 1. The van der Waals surface area contributed by atoms with Crippen molar-refractivity contribution in [3.8, 4) is 0 Å². The molecule has 0 aliphatic carbocycles. The summed E-state index contributed by atoms with van der Waals surface area (Å²) in [4.78, 5) is 14.2. The zero-order valence-electron chi connectivity index (χ0n) is 14.3. The maximum absolute atomic E-state index is 12.2. The normalized spacial score (nSPS) is 15.4. The van der Waals surface area contributed by atoms with Crippen molar-refractivity contribution in [3.05, 3.63) is 12.3 Å². The molecule has 0 unspecified atom stereocenters. The van der Waals surface area contributed by atoms with Gasteiger partial charge in [0.15, 0.2) is 0 Å². The Bertz CT molecular complexity index is 313. The lowest BCUT2D eigenvalue weighted by Crippen LogP contribution is -2.54. The van der Waals surface area contributed by atoms with E-state index in [-0.39, 0.29) is 11.6 Å². The topological polar surface area (TPSA) is 32.3 Å². The van der Waals surface area contributed by atoms with Crippen molar-refractivity contribution in [2.75, 3.05) is 6.54 Å². The van der Waals surface area contributed by atoms with Gasteiger partial charge in [-0.25, -0.2) is 4.79 Å². The predicted octanol–water partition coefficient (Wildman–Crippen LogP) is 5.22. The van der Waals surface area contributed by atoms with E-state index in [9.17, 15) is 4.79 Å². The summed E-state index contributed by atoms with van der Waals surface area (Å²) in [6.45, 7) is 7.52. The number of rotatable bonds is 11. The summed E-state index contributed by atoms with van der Waals surface area (Å²) >= 11 is 0. The van der Waals surface area contributed by atoms with Gasteiger partial charge in [-0.1, -0.05) is 65.2 Å². The second-order valence-corrected chi connectivity index (χ2v) is 6.58. The van der Waals surface area contributed by atoms with Crippen molar-refractivity contribution in [2.24, 2.45) is 0 Å². The monoisotopic (exact) mass is 294 g/mol. The summed E-state index contributed by atoms with van der Waals surface area (Å²) in [6.07, 6.45) is 16.2. The average Bonchev–Trinajstić information content (AvgIpc) is 2.49. The second-order valence-electron chi connectivity index (χ2n) is 6.58. The lowest BCUT2D eigenvalue weighted by molar-refractivity contribution is 0.113. The summed E-state index contributed by atoms with van der Waals surface area (Å²) < 4.78 is 0. The van der Waals surface area contributed by atoms with E-state index >= 15 is 0 Å². The van der Waals surface area contributed by atoms with Crippen LogP contribution in [0, 0.1) is 0 Å². The SMILES string of the molecule is CCCCCCC(C)(CCCCCC)N1CC=CNC1=O. The molecule has 3 nitrogen and oxygen atoms in total. The van der Waals surface area contributed by atoms with E-state index < -0.39 is 0 Å². The smallest absolute Gasteiger partial charge is 0.315 e. The van der Waals surface area contributed by atoms with Crippen molar-refractivity contribution in [1.82, 2.24) is 10.2 Å². The molecule has 0 saturated carbocycles. The van der Waals surface area contributed by atoms with Crippen LogP contribution in [0.4, 0.5) is 4.79 Å². The third kappa shape index (κ3) is 6.11. The fourth-order valence-corrected chi connectivity index (χ4v) is 3.17. The van der Waals surface area contributed by atoms with Crippen molar-refractivity contribution in [3.63, 3.8) is 0 Å². The van der Waals surface area contributed by atoms with Gasteiger partial charge >= 0.3 is 6.03 Å². The van der Waals surface area contributed by atoms with E-state index in [2.05, 4.69) is 32.2 Å². The highest BCUT2D eigenvalue weighted by Gasteiger charge is 2.34. The van der Waals surface area contributed by atoms with Crippen molar-refractivity contribution >= 4 is 6.03 Å². The van der Waals surface area contributed by atoms with Crippen LogP contribution in [-0.4, -0.2) is 23.0 Å². The number of unbranched alkanes of at least 4 members (excludes halogenated alkanes) is 6. The van der Waals surface area contributed by atoms with E-state index in [4.69, 9.17) is 0 Å². The molecule has 0 aromatic carbocycles. The quantitative estimate of drug-likeness (QED) is 0.520. The van der Waals surface area contributed by atoms with Crippen LogP contribution in [0.2, 0.25) is 0 Å². The number of carbonyl (C=O) groups excluding carboxylic acids is 1. The molecule has 0 atom stereocenters. The Kier molecular flexibility index (Phi) is 8.48. The van der Waals surface area contributed by atoms with Crippen LogP contribution in [0.3, 0.4) is 0 Å². The van der Waals surface area contributed by atoms with Crippen LogP contribution < -0.4 is 5.32 Å². The largest absolute Gasteiger partial charge is 0.322 e. The van der Waals surface area contributed by atoms with Gasteiger partial charge in [-0.2, -0.15) is 0 Å². The van der Waals surface area contributed by atoms with Crippen molar-refractivity contribution in [1.29, 1.82) is 0 Å². The van der Waals surface area contributed by atoms with Crippen LogP contribution >= 0.6 is 0 Å². The first kappa shape index (κ1) is 18.1. The van der Waals surface area contributed by atoms with Gasteiger partial charge < -0.3 is 10.2 Å². The van der Waals surface area contributed by atoms with Gasteiger partial charge in [0.25, 0.3) is 0 Å². The molecular formula is C18H34N2O. The molecule has 1 rings (SSSR count). The Balaban J connectivity index is 2.58. The molecule has 21 heavy (non-hydrogen) atoms. The molecule has 3 heteroatoms. The van der Waals surface area contributed by atoms with Crippen LogP contribution in [0.15, 0.2) is 12.3 Å². The molecule has 0 fully saturated rings. The molecule has 1 aliphatic rings. The Morgan fingerprint density at radius 2 is 1.62 bits per heavy atom.